The molecule has 0 radical (unpaired) electrons. The van der Waals surface area contributed by atoms with Crippen molar-refractivity contribution in [3.63, 3.8) is 0 Å². The Morgan fingerprint density at radius 2 is 1.97 bits per heavy atom. The lowest BCUT2D eigenvalue weighted by molar-refractivity contribution is -0.123. The van der Waals surface area contributed by atoms with Crippen molar-refractivity contribution in [2.45, 2.75) is 77.4 Å². The molecular weight excluding hydrogens is 406 g/mol. The molecule has 7 heteroatoms. The van der Waals surface area contributed by atoms with Crippen LogP contribution in [0.15, 0.2) is 18.2 Å². The van der Waals surface area contributed by atoms with Crippen LogP contribution in [0.5, 0.6) is 5.75 Å². The van der Waals surface area contributed by atoms with Gasteiger partial charge < -0.3 is 20.1 Å². The molecule has 2 N–H and O–H groups in total. The Morgan fingerprint density at radius 3 is 2.75 bits per heavy atom. The number of hydrogen-bond donors (Lipinski definition) is 2. The summed E-state index contributed by atoms with van der Waals surface area (Å²) >= 11 is 0. The summed E-state index contributed by atoms with van der Waals surface area (Å²) in [4.78, 5) is 27.0. The second-order valence-electron chi connectivity index (χ2n) is 9.15. The molecule has 2 amide bonds. The molecule has 32 heavy (non-hydrogen) atoms. The second kappa shape index (κ2) is 12.8. The zero-order valence-corrected chi connectivity index (χ0v) is 19.7. The minimum absolute atomic E-state index is 0.0707. The molecule has 3 rings (SSSR count). The van der Waals surface area contributed by atoms with E-state index in [1.54, 1.807) is 0 Å². The standard InChI is InChI=1S/C25H39N3O4/c1-19(2)28-17-21-16-20(7-9-24(29)27-22-10-14-31-15-11-22)6-8-23(21)32-13-5-3-4-12-26-25(30)18-28/h6,8,16,19,22H,3-5,7,9-15,17-18H2,1-2H3,(H,26,30)(H,27,29). The first-order valence-electron chi connectivity index (χ1n) is 12.1. The Hall–Kier alpha value is -2.12. The zero-order chi connectivity index (χ0) is 22.8. The van der Waals surface area contributed by atoms with Crippen LogP contribution < -0.4 is 15.4 Å². The maximum atomic E-state index is 12.4. The average Bonchev–Trinajstić information content (AvgIpc) is 2.79. The molecule has 1 aromatic rings. The monoisotopic (exact) mass is 445 g/mol. The molecule has 2 aliphatic rings. The summed E-state index contributed by atoms with van der Waals surface area (Å²) < 4.78 is 11.5. The lowest BCUT2D eigenvalue weighted by Gasteiger charge is -2.27. The van der Waals surface area contributed by atoms with Crippen LogP contribution >= 0.6 is 0 Å². The van der Waals surface area contributed by atoms with Crippen LogP contribution in [0.4, 0.5) is 0 Å². The minimum atomic E-state index is 0.0707. The molecule has 0 spiro atoms. The Bertz CT molecular complexity index is 747. The van der Waals surface area contributed by atoms with Gasteiger partial charge in [-0.25, -0.2) is 0 Å². The Balaban J connectivity index is 1.66. The van der Waals surface area contributed by atoms with Gasteiger partial charge in [0.15, 0.2) is 0 Å². The molecular formula is C25H39N3O4. The first-order chi connectivity index (χ1) is 15.5. The minimum Gasteiger partial charge on any atom is -0.493 e. The highest BCUT2D eigenvalue weighted by molar-refractivity contribution is 5.78. The molecule has 0 unspecified atom stereocenters. The number of aryl methyl sites for hydroxylation is 1. The lowest BCUT2D eigenvalue weighted by atomic mass is 10.0. The van der Waals surface area contributed by atoms with E-state index in [-0.39, 0.29) is 23.9 Å². The van der Waals surface area contributed by atoms with Crippen LogP contribution in [0.2, 0.25) is 0 Å². The molecule has 2 heterocycles. The van der Waals surface area contributed by atoms with Gasteiger partial charge >= 0.3 is 0 Å². The molecule has 2 aliphatic heterocycles. The maximum Gasteiger partial charge on any atom is 0.234 e. The van der Waals surface area contributed by atoms with E-state index in [2.05, 4.69) is 41.5 Å². The summed E-state index contributed by atoms with van der Waals surface area (Å²) in [5.74, 6) is 1.05. The molecule has 178 valence electrons. The summed E-state index contributed by atoms with van der Waals surface area (Å²) in [6.07, 6.45) is 5.90. The number of hydrogen-bond acceptors (Lipinski definition) is 5. The normalized spacial score (nSPS) is 19.7. The van der Waals surface area contributed by atoms with Gasteiger partial charge in [0, 0.05) is 50.4 Å². The lowest BCUT2D eigenvalue weighted by Crippen LogP contribution is -2.40. The van der Waals surface area contributed by atoms with E-state index < -0.39 is 0 Å². The van der Waals surface area contributed by atoms with E-state index in [4.69, 9.17) is 9.47 Å². The summed E-state index contributed by atoms with van der Waals surface area (Å²) in [5, 5.41) is 6.17. The quantitative estimate of drug-likeness (QED) is 0.729. The first-order valence-corrected chi connectivity index (χ1v) is 12.1. The largest absolute Gasteiger partial charge is 0.493 e. The van der Waals surface area contributed by atoms with Gasteiger partial charge in [0.1, 0.15) is 5.75 Å². The van der Waals surface area contributed by atoms with Crippen molar-refractivity contribution in [1.82, 2.24) is 15.5 Å². The molecule has 7 nitrogen and oxygen atoms in total. The van der Waals surface area contributed by atoms with Gasteiger partial charge in [0.05, 0.1) is 13.2 Å². The van der Waals surface area contributed by atoms with Gasteiger partial charge in [-0.05, 0) is 64.0 Å². The smallest absolute Gasteiger partial charge is 0.234 e. The molecule has 1 aromatic carbocycles. The van der Waals surface area contributed by atoms with E-state index in [0.29, 0.717) is 32.5 Å². The van der Waals surface area contributed by atoms with Crippen LogP contribution in [0.3, 0.4) is 0 Å². The van der Waals surface area contributed by atoms with Crippen molar-refractivity contribution in [3.8, 4) is 5.75 Å². The highest BCUT2D eigenvalue weighted by atomic mass is 16.5. The van der Waals surface area contributed by atoms with Crippen LogP contribution in [0.25, 0.3) is 0 Å². The van der Waals surface area contributed by atoms with Gasteiger partial charge in [-0.3, -0.25) is 14.5 Å². The summed E-state index contributed by atoms with van der Waals surface area (Å²) in [7, 11) is 0. The molecule has 0 aliphatic carbocycles. The number of nitrogens with one attached hydrogen (secondary N) is 2. The number of fused-ring (bicyclic) bond motifs is 1. The topological polar surface area (TPSA) is 79.9 Å². The van der Waals surface area contributed by atoms with E-state index in [0.717, 1.165) is 68.7 Å². The zero-order valence-electron chi connectivity index (χ0n) is 19.7. The van der Waals surface area contributed by atoms with E-state index in [1.165, 1.54) is 0 Å². The van der Waals surface area contributed by atoms with Gasteiger partial charge in [-0.2, -0.15) is 0 Å². The fourth-order valence-electron chi connectivity index (χ4n) is 4.15. The molecule has 0 bridgehead atoms. The van der Waals surface area contributed by atoms with Gasteiger partial charge in [-0.1, -0.05) is 12.1 Å². The molecule has 1 fully saturated rings. The van der Waals surface area contributed by atoms with Gasteiger partial charge in [0.2, 0.25) is 11.8 Å². The van der Waals surface area contributed by atoms with Crippen LogP contribution in [0, 0.1) is 0 Å². The summed E-state index contributed by atoms with van der Waals surface area (Å²) in [6, 6.07) is 6.69. The summed E-state index contributed by atoms with van der Waals surface area (Å²) in [6.45, 7) is 8.07. The van der Waals surface area contributed by atoms with Crippen molar-refractivity contribution in [1.29, 1.82) is 0 Å². The average molecular weight is 446 g/mol. The summed E-state index contributed by atoms with van der Waals surface area (Å²) in [5.41, 5.74) is 2.19. The van der Waals surface area contributed by atoms with Crippen LogP contribution in [0.1, 0.15) is 63.5 Å². The Kier molecular flexibility index (Phi) is 9.81. The number of carbonyl (C=O) groups is 2. The second-order valence-corrected chi connectivity index (χ2v) is 9.15. The van der Waals surface area contributed by atoms with Gasteiger partial charge in [0.25, 0.3) is 0 Å². The van der Waals surface area contributed by atoms with E-state index >= 15 is 0 Å². The van der Waals surface area contributed by atoms with Crippen LogP contribution in [-0.2, 0) is 27.3 Å². The van der Waals surface area contributed by atoms with Crippen molar-refractivity contribution in [3.05, 3.63) is 29.3 Å². The fourth-order valence-corrected chi connectivity index (χ4v) is 4.15. The number of amides is 2. The van der Waals surface area contributed by atoms with Crippen molar-refractivity contribution < 1.29 is 19.1 Å². The Morgan fingerprint density at radius 1 is 1.16 bits per heavy atom. The molecule has 0 saturated carbocycles. The molecule has 1 saturated heterocycles. The van der Waals surface area contributed by atoms with Crippen molar-refractivity contribution in [2.24, 2.45) is 0 Å². The van der Waals surface area contributed by atoms with Crippen molar-refractivity contribution in [2.75, 3.05) is 32.9 Å². The number of nitrogens with zero attached hydrogens (tertiary/aromatic N) is 1. The number of ether oxygens (including phenoxy) is 2. The fraction of sp³-hybridized carbons (Fsp3) is 0.680. The van der Waals surface area contributed by atoms with Gasteiger partial charge in [-0.15, -0.1) is 0 Å². The third kappa shape index (κ3) is 8.10. The van der Waals surface area contributed by atoms with Crippen molar-refractivity contribution >= 4 is 11.8 Å². The molecule has 0 atom stereocenters. The number of benzene rings is 1. The Labute approximate surface area is 192 Å². The van der Waals surface area contributed by atoms with Crippen LogP contribution in [-0.4, -0.2) is 61.7 Å². The van der Waals surface area contributed by atoms with E-state index in [9.17, 15) is 9.59 Å². The third-order valence-corrected chi connectivity index (χ3v) is 6.20. The maximum absolute atomic E-state index is 12.4. The predicted molar refractivity (Wildman–Crippen MR) is 125 cm³/mol. The highest BCUT2D eigenvalue weighted by Crippen LogP contribution is 2.24. The SMILES string of the molecule is CC(C)N1CC(=O)NCCCCCOc2ccc(CCC(=O)NC3CCOCC3)cc2C1. The highest BCUT2D eigenvalue weighted by Gasteiger charge is 2.19. The predicted octanol–water partition coefficient (Wildman–Crippen LogP) is 2.80. The first kappa shape index (κ1) is 24.5. The third-order valence-electron chi connectivity index (χ3n) is 6.20. The molecule has 0 aromatic heterocycles. The number of rotatable bonds is 5. The number of carbonyl (C=O) groups excluding carboxylic acids is 2. The van der Waals surface area contributed by atoms with E-state index in [1.807, 2.05) is 6.07 Å².